The lowest BCUT2D eigenvalue weighted by atomic mass is 10.1. The van der Waals surface area contributed by atoms with Crippen molar-refractivity contribution < 1.29 is 9.90 Å². The van der Waals surface area contributed by atoms with E-state index in [1.54, 1.807) is 6.20 Å². The monoisotopic (exact) mass is 349 g/mol. The molecule has 0 bridgehead atoms. The van der Waals surface area contributed by atoms with Gasteiger partial charge in [0.05, 0.1) is 0 Å². The van der Waals surface area contributed by atoms with Gasteiger partial charge in [-0.1, -0.05) is 43.2 Å². The van der Waals surface area contributed by atoms with Crippen LogP contribution in [0.2, 0.25) is 0 Å². The highest BCUT2D eigenvalue weighted by atomic mass is 16.4. The number of carbonyl (C=O) groups is 1. The first-order chi connectivity index (χ1) is 12.7. The Morgan fingerprint density at radius 3 is 2.42 bits per heavy atom. The zero-order chi connectivity index (χ0) is 18.2. The molecule has 0 aliphatic carbocycles. The molecule has 1 N–H and O–H groups in total. The van der Waals surface area contributed by atoms with Crippen molar-refractivity contribution in [2.24, 2.45) is 0 Å². The maximum absolute atomic E-state index is 10.6. The first-order valence-corrected chi connectivity index (χ1v) is 8.99. The molecule has 2 aromatic heterocycles. The van der Waals surface area contributed by atoms with Crippen molar-refractivity contribution in [1.29, 1.82) is 0 Å². The Morgan fingerprint density at radius 2 is 1.65 bits per heavy atom. The summed E-state index contributed by atoms with van der Waals surface area (Å²) < 4.78 is 0. The van der Waals surface area contributed by atoms with Crippen LogP contribution in [0, 0.1) is 0 Å². The van der Waals surface area contributed by atoms with Gasteiger partial charge in [-0.15, -0.1) is 0 Å². The summed E-state index contributed by atoms with van der Waals surface area (Å²) in [5.74, 6) is 1.04. The molecule has 0 unspecified atom stereocenters. The molecule has 0 amide bonds. The molecular formula is C21H23N3O2. The predicted octanol–water partition coefficient (Wildman–Crippen LogP) is 4.80. The molecule has 5 nitrogen and oxygen atoms in total. The molecule has 0 radical (unpaired) electrons. The number of carboxylic acid groups (broad SMARTS) is 1. The first kappa shape index (κ1) is 17.9. The lowest BCUT2D eigenvalue weighted by Gasteiger charge is -2.23. The zero-order valence-electron chi connectivity index (χ0n) is 14.7. The smallest absolute Gasteiger partial charge is 0.303 e. The maximum atomic E-state index is 10.6. The first-order valence-electron chi connectivity index (χ1n) is 8.99. The summed E-state index contributed by atoms with van der Waals surface area (Å²) >= 11 is 0. The number of unbranched alkanes of at least 4 members (excludes halogenated alkanes) is 3. The molecule has 0 fully saturated rings. The average molecular weight is 349 g/mol. The number of carboxylic acids is 1. The topological polar surface area (TPSA) is 66.3 Å². The number of aliphatic carboxylic acids is 1. The third kappa shape index (κ3) is 4.79. The fourth-order valence-corrected chi connectivity index (χ4v) is 2.98. The van der Waals surface area contributed by atoms with Crippen LogP contribution in [0.25, 0.3) is 10.8 Å². The Kier molecular flexibility index (Phi) is 6.14. The Labute approximate surface area is 153 Å². The minimum Gasteiger partial charge on any atom is -0.481 e. The molecular weight excluding hydrogens is 326 g/mol. The van der Waals surface area contributed by atoms with E-state index in [4.69, 9.17) is 5.11 Å². The van der Waals surface area contributed by atoms with Gasteiger partial charge < -0.3 is 10.0 Å². The fraction of sp³-hybridized carbons (Fsp3) is 0.286. The fourth-order valence-electron chi connectivity index (χ4n) is 2.98. The second-order valence-electron chi connectivity index (χ2n) is 6.29. The molecule has 134 valence electrons. The van der Waals surface area contributed by atoms with Crippen LogP contribution in [0.1, 0.15) is 32.1 Å². The van der Waals surface area contributed by atoms with E-state index in [9.17, 15) is 4.79 Å². The maximum Gasteiger partial charge on any atom is 0.303 e. The lowest BCUT2D eigenvalue weighted by molar-refractivity contribution is -0.137. The van der Waals surface area contributed by atoms with Crippen molar-refractivity contribution in [2.75, 3.05) is 11.4 Å². The summed E-state index contributed by atoms with van der Waals surface area (Å²) in [5, 5.41) is 11.0. The molecule has 0 aliphatic heterocycles. The van der Waals surface area contributed by atoms with E-state index in [-0.39, 0.29) is 6.42 Å². The molecule has 0 aliphatic rings. The van der Waals surface area contributed by atoms with Gasteiger partial charge in [0.15, 0.2) is 0 Å². The van der Waals surface area contributed by atoms with Crippen LogP contribution in [0.15, 0.2) is 60.9 Å². The van der Waals surface area contributed by atoms with E-state index < -0.39 is 5.97 Å². The normalized spacial score (nSPS) is 10.8. The van der Waals surface area contributed by atoms with Crippen LogP contribution in [0.4, 0.5) is 11.6 Å². The van der Waals surface area contributed by atoms with Crippen molar-refractivity contribution in [1.82, 2.24) is 9.97 Å². The number of hydrogen-bond donors (Lipinski definition) is 1. The second kappa shape index (κ2) is 8.94. The van der Waals surface area contributed by atoms with Crippen LogP contribution in [-0.2, 0) is 4.79 Å². The second-order valence-corrected chi connectivity index (χ2v) is 6.29. The van der Waals surface area contributed by atoms with Gasteiger partial charge in [-0.2, -0.15) is 0 Å². The van der Waals surface area contributed by atoms with E-state index >= 15 is 0 Å². The Balaban J connectivity index is 1.72. The van der Waals surface area contributed by atoms with Gasteiger partial charge in [0.1, 0.15) is 11.6 Å². The molecule has 2 heterocycles. The molecule has 5 heteroatoms. The zero-order valence-corrected chi connectivity index (χ0v) is 14.7. The van der Waals surface area contributed by atoms with E-state index in [1.807, 2.05) is 36.5 Å². The molecule has 26 heavy (non-hydrogen) atoms. The van der Waals surface area contributed by atoms with Gasteiger partial charge in [0, 0.05) is 30.7 Å². The van der Waals surface area contributed by atoms with Crippen LogP contribution < -0.4 is 4.90 Å². The molecule has 0 saturated carbocycles. The van der Waals surface area contributed by atoms with E-state index in [0.29, 0.717) is 0 Å². The van der Waals surface area contributed by atoms with Gasteiger partial charge in [-0.05, 0) is 36.4 Å². The van der Waals surface area contributed by atoms with E-state index in [1.165, 1.54) is 0 Å². The Bertz CT molecular complexity index is 852. The molecule has 0 atom stereocenters. The van der Waals surface area contributed by atoms with Crippen LogP contribution in [0.5, 0.6) is 0 Å². The largest absolute Gasteiger partial charge is 0.481 e. The van der Waals surface area contributed by atoms with Crippen molar-refractivity contribution in [3.05, 3.63) is 60.9 Å². The molecule has 1 aromatic carbocycles. The summed E-state index contributed by atoms with van der Waals surface area (Å²) in [6.07, 6.45) is 7.54. The van der Waals surface area contributed by atoms with Crippen molar-refractivity contribution >= 4 is 28.4 Å². The van der Waals surface area contributed by atoms with Crippen LogP contribution in [0.3, 0.4) is 0 Å². The van der Waals surface area contributed by atoms with Crippen LogP contribution >= 0.6 is 0 Å². The number of hydrogen-bond acceptors (Lipinski definition) is 4. The number of benzene rings is 1. The minimum absolute atomic E-state index is 0.246. The standard InChI is InChI=1S/C21H23N3O2/c25-21(26)12-3-1-2-8-14-24(19-11-6-7-13-22-19)20-15-17-9-4-5-10-18(17)16-23-20/h4-7,9-11,13,15-16H,1-3,8,12,14H2,(H,25,26). The number of aromatic nitrogens is 2. The summed E-state index contributed by atoms with van der Waals surface area (Å²) in [4.78, 5) is 21.8. The number of fused-ring (bicyclic) bond motifs is 1. The molecule has 0 spiro atoms. The van der Waals surface area contributed by atoms with Gasteiger partial charge in [0.25, 0.3) is 0 Å². The van der Waals surface area contributed by atoms with Gasteiger partial charge in [0.2, 0.25) is 0 Å². The van der Waals surface area contributed by atoms with E-state index in [0.717, 1.165) is 54.6 Å². The third-order valence-electron chi connectivity index (χ3n) is 4.34. The van der Waals surface area contributed by atoms with Gasteiger partial charge in [-0.3, -0.25) is 4.79 Å². The predicted molar refractivity (Wildman–Crippen MR) is 104 cm³/mol. The Morgan fingerprint density at radius 1 is 0.885 bits per heavy atom. The average Bonchev–Trinajstić information content (AvgIpc) is 2.67. The highest BCUT2D eigenvalue weighted by molar-refractivity contribution is 5.84. The molecule has 0 saturated heterocycles. The summed E-state index contributed by atoms with van der Waals surface area (Å²) in [7, 11) is 0. The summed E-state index contributed by atoms with van der Waals surface area (Å²) in [6.45, 7) is 0.801. The van der Waals surface area contributed by atoms with Gasteiger partial charge in [-0.25, -0.2) is 9.97 Å². The van der Waals surface area contributed by atoms with Gasteiger partial charge >= 0.3 is 5.97 Å². The highest BCUT2D eigenvalue weighted by Gasteiger charge is 2.12. The number of anilines is 2. The number of nitrogens with zero attached hydrogens (tertiary/aromatic N) is 3. The van der Waals surface area contributed by atoms with Crippen molar-refractivity contribution in [2.45, 2.75) is 32.1 Å². The minimum atomic E-state index is -0.722. The number of rotatable bonds is 9. The summed E-state index contributed by atoms with van der Waals surface area (Å²) in [5.41, 5.74) is 0. The summed E-state index contributed by atoms with van der Waals surface area (Å²) in [6, 6.07) is 16.1. The van der Waals surface area contributed by atoms with Crippen molar-refractivity contribution in [3.8, 4) is 0 Å². The quantitative estimate of drug-likeness (QED) is 0.562. The van der Waals surface area contributed by atoms with Crippen molar-refractivity contribution in [3.63, 3.8) is 0 Å². The molecule has 3 aromatic rings. The molecule has 3 rings (SSSR count). The lowest BCUT2D eigenvalue weighted by Crippen LogP contribution is -2.20. The van der Waals surface area contributed by atoms with Crippen LogP contribution in [-0.4, -0.2) is 27.6 Å². The number of pyridine rings is 2. The van der Waals surface area contributed by atoms with E-state index in [2.05, 4.69) is 33.1 Å². The SMILES string of the molecule is O=C(O)CCCCCCN(c1ccccn1)c1cc2ccccc2cn1. The third-order valence-corrected chi connectivity index (χ3v) is 4.34. The highest BCUT2D eigenvalue weighted by Crippen LogP contribution is 2.25. The Hall–Kier alpha value is -2.95.